The molecule has 0 aliphatic heterocycles. The first-order valence-electron chi connectivity index (χ1n) is 6.78. The van der Waals surface area contributed by atoms with E-state index in [0.29, 0.717) is 18.6 Å². The molecule has 0 amide bonds. The topological polar surface area (TPSA) is 38.3 Å². The Labute approximate surface area is 106 Å². The van der Waals surface area contributed by atoms with Gasteiger partial charge in [0.25, 0.3) is 0 Å². The van der Waals surface area contributed by atoms with Crippen LogP contribution in [0.3, 0.4) is 0 Å². The van der Waals surface area contributed by atoms with E-state index >= 15 is 0 Å². The highest BCUT2D eigenvalue weighted by Gasteiger charge is 2.31. The highest BCUT2D eigenvalue weighted by molar-refractivity contribution is 5.79. The van der Waals surface area contributed by atoms with Crippen molar-refractivity contribution in [2.24, 2.45) is 5.92 Å². The van der Waals surface area contributed by atoms with Crippen molar-refractivity contribution >= 4 is 5.97 Å². The number of hydrogen-bond acceptors (Lipinski definition) is 3. The van der Waals surface area contributed by atoms with Gasteiger partial charge in [0.15, 0.2) is 0 Å². The van der Waals surface area contributed by atoms with Gasteiger partial charge in [0, 0.05) is 6.04 Å². The van der Waals surface area contributed by atoms with Crippen LogP contribution in [0.4, 0.5) is 0 Å². The minimum atomic E-state index is -0.593. The molecule has 0 aliphatic rings. The van der Waals surface area contributed by atoms with Crippen LogP contribution in [0, 0.1) is 5.92 Å². The van der Waals surface area contributed by atoms with Gasteiger partial charge in [0.2, 0.25) is 0 Å². The number of hydrogen-bond donors (Lipinski definition) is 1. The summed E-state index contributed by atoms with van der Waals surface area (Å²) in [7, 11) is 0. The number of esters is 1. The molecule has 102 valence electrons. The highest BCUT2D eigenvalue weighted by atomic mass is 16.5. The van der Waals surface area contributed by atoms with Crippen molar-refractivity contribution in [1.82, 2.24) is 5.32 Å². The highest BCUT2D eigenvalue weighted by Crippen LogP contribution is 2.12. The van der Waals surface area contributed by atoms with Crippen molar-refractivity contribution in [2.75, 3.05) is 6.61 Å². The van der Waals surface area contributed by atoms with Crippen LogP contribution in [-0.2, 0) is 9.53 Å². The molecular weight excluding hydrogens is 214 g/mol. The maximum atomic E-state index is 11.9. The van der Waals surface area contributed by atoms with E-state index in [0.717, 1.165) is 19.3 Å². The molecule has 0 spiro atoms. The molecule has 1 unspecified atom stereocenters. The van der Waals surface area contributed by atoms with Gasteiger partial charge in [-0.05, 0) is 32.6 Å². The molecule has 0 saturated carbocycles. The van der Waals surface area contributed by atoms with Crippen LogP contribution < -0.4 is 5.32 Å². The van der Waals surface area contributed by atoms with Crippen molar-refractivity contribution in [3.05, 3.63) is 0 Å². The van der Waals surface area contributed by atoms with Gasteiger partial charge in [-0.15, -0.1) is 0 Å². The molecule has 0 rings (SSSR count). The summed E-state index contributed by atoms with van der Waals surface area (Å²) < 4.78 is 5.29. The third-order valence-corrected chi connectivity index (χ3v) is 2.75. The van der Waals surface area contributed by atoms with Gasteiger partial charge < -0.3 is 4.74 Å². The quantitative estimate of drug-likeness (QED) is 0.666. The normalized spacial score (nSPS) is 13.8. The van der Waals surface area contributed by atoms with Crippen LogP contribution in [0.5, 0.6) is 0 Å². The maximum absolute atomic E-state index is 11.9. The predicted molar refractivity (Wildman–Crippen MR) is 72.0 cm³/mol. The summed E-state index contributed by atoms with van der Waals surface area (Å²) in [5, 5.41) is 3.39. The molecule has 3 nitrogen and oxygen atoms in total. The number of carbonyl (C=O) groups excluding carboxylic acids is 1. The minimum absolute atomic E-state index is 0.152. The van der Waals surface area contributed by atoms with E-state index in [1.807, 2.05) is 27.7 Å². The Hall–Kier alpha value is -0.570. The summed E-state index contributed by atoms with van der Waals surface area (Å²) in [6.45, 7) is 12.7. The summed E-state index contributed by atoms with van der Waals surface area (Å²) in [4.78, 5) is 11.9. The van der Waals surface area contributed by atoms with Crippen LogP contribution in [0.25, 0.3) is 0 Å². The summed E-state index contributed by atoms with van der Waals surface area (Å²) in [6, 6.07) is 0.390. The molecule has 0 radical (unpaired) electrons. The van der Waals surface area contributed by atoms with Gasteiger partial charge >= 0.3 is 5.97 Å². The number of rotatable bonds is 8. The third-order valence-electron chi connectivity index (χ3n) is 2.75. The van der Waals surface area contributed by atoms with E-state index in [1.165, 1.54) is 0 Å². The molecule has 0 fully saturated rings. The molecule has 0 aromatic carbocycles. The molecule has 1 atom stereocenters. The Morgan fingerprint density at radius 2 is 1.88 bits per heavy atom. The lowest BCUT2D eigenvalue weighted by Gasteiger charge is -2.29. The van der Waals surface area contributed by atoms with E-state index in [9.17, 15) is 4.79 Å². The molecule has 1 N–H and O–H groups in total. The van der Waals surface area contributed by atoms with Crippen molar-refractivity contribution < 1.29 is 9.53 Å². The van der Waals surface area contributed by atoms with E-state index in [4.69, 9.17) is 4.74 Å². The second kappa shape index (κ2) is 7.70. The van der Waals surface area contributed by atoms with Crippen molar-refractivity contribution in [2.45, 2.75) is 72.4 Å². The van der Waals surface area contributed by atoms with Crippen LogP contribution in [0.15, 0.2) is 0 Å². The molecule has 0 aromatic heterocycles. The maximum Gasteiger partial charge on any atom is 0.325 e. The van der Waals surface area contributed by atoms with Crippen molar-refractivity contribution in [3.8, 4) is 0 Å². The number of nitrogens with one attached hydrogen (secondary N) is 1. The zero-order chi connectivity index (χ0) is 13.5. The molecule has 0 heterocycles. The Balaban J connectivity index is 4.28. The van der Waals surface area contributed by atoms with Gasteiger partial charge in [-0.1, -0.05) is 34.1 Å². The average Bonchev–Trinajstić information content (AvgIpc) is 2.24. The summed E-state index contributed by atoms with van der Waals surface area (Å²) in [5.74, 6) is 0.230. The Bertz CT molecular complexity index is 224. The Morgan fingerprint density at radius 1 is 1.29 bits per heavy atom. The SMILES string of the molecule is CCCC(CC)NC(C)(C)C(=O)OCC(C)C. The molecule has 3 heteroatoms. The molecule has 0 aliphatic carbocycles. The van der Waals surface area contributed by atoms with Crippen LogP contribution in [-0.4, -0.2) is 24.2 Å². The molecule has 0 aromatic rings. The van der Waals surface area contributed by atoms with E-state index in [-0.39, 0.29) is 5.97 Å². The summed E-state index contributed by atoms with van der Waals surface area (Å²) >= 11 is 0. The summed E-state index contributed by atoms with van der Waals surface area (Å²) in [5.41, 5.74) is -0.593. The van der Waals surface area contributed by atoms with E-state index < -0.39 is 5.54 Å². The van der Waals surface area contributed by atoms with Crippen LogP contribution in [0.1, 0.15) is 60.8 Å². The summed E-state index contributed by atoms with van der Waals surface area (Å²) in [6.07, 6.45) is 3.26. The smallest absolute Gasteiger partial charge is 0.325 e. The predicted octanol–water partition coefficient (Wildman–Crippen LogP) is 3.13. The standard InChI is InChI=1S/C14H29NO2/c1-7-9-12(8-2)15-14(5,6)13(16)17-10-11(3)4/h11-12,15H,7-10H2,1-6H3. The fourth-order valence-electron chi connectivity index (χ4n) is 1.72. The van der Waals surface area contributed by atoms with Crippen molar-refractivity contribution in [3.63, 3.8) is 0 Å². The number of ether oxygens (including phenoxy) is 1. The lowest BCUT2D eigenvalue weighted by molar-refractivity contribution is -0.151. The lowest BCUT2D eigenvalue weighted by Crippen LogP contribution is -2.52. The first-order valence-corrected chi connectivity index (χ1v) is 6.78. The second-order valence-corrected chi connectivity index (χ2v) is 5.66. The van der Waals surface area contributed by atoms with Crippen molar-refractivity contribution in [1.29, 1.82) is 0 Å². The first-order chi connectivity index (χ1) is 7.83. The van der Waals surface area contributed by atoms with E-state index in [2.05, 4.69) is 19.2 Å². The molecule has 0 saturated heterocycles. The molecule has 0 bridgehead atoms. The zero-order valence-corrected chi connectivity index (χ0v) is 12.3. The number of carbonyl (C=O) groups is 1. The minimum Gasteiger partial charge on any atom is -0.464 e. The largest absolute Gasteiger partial charge is 0.464 e. The van der Waals surface area contributed by atoms with E-state index in [1.54, 1.807) is 0 Å². The van der Waals surface area contributed by atoms with Gasteiger partial charge in [0.1, 0.15) is 5.54 Å². The first kappa shape index (κ1) is 16.4. The monoisotopic (exact) mass is 243 g/mol. The average molecular weight is 243 g/mol. The van der Waals surface area contributed by atoms with Crippen LogP contribution >= 0.6 is 0 Å². The van der Waals surface area contributed by atoms with Crippen LogP contribution in [0.2, 0.25) is 0 Å². The molecule has 17 heavy (non-hydrogen) atoms. The molecular formula is C14H29NO2. The second-order valence-electron chi connectivity index (χ2n) is 5.66. The Kier molecular flexibility index (Phi) is 7.44. The van der Waals surface area contributed by atoms with Gasteiger partial charge in [0.05, 0.1) is 6.61 Å². The fourth-order valence-corrected chi connectivity index (χ4v) is 1.72. The fraction of sp³-hybridized carbons (Fsp3) is 0.929. The van der Waals surface area contributed by atoms with Gasteiger partial charge in [-0.25, -0.2) is 0 Å². The van der Waals surface area contributed by atoms with Gasteiger partial charge in [-0.2, -0.15) is 0 Å². The lowest BCUT2D eigenvalue weighted by atomic mass is 10.0. The zero-order valence-electron chi connectivity index (χ0n) is 12.3. The van der Waals surface area contributed by atoms with Gasteiger partial charge in [-0.3, -0.25) is 10.1 Å². The Morgan fingerprint density at radius 3 is 2.29 bits per heavy atom. The third kappa shape index (κ3) is 6.67.